The summed E-state index contributed by atoms with van der Waals surface area (Å²) in [6.45, 7) is 13.2. The number of hydrogen-bond donors (Lipinski definition) is 4. The van der Waals surface area contributed by atoms with Gasteiger partial charge in [0.1, 0.15) is 0 Å². The van der Waals surface area contributed by atoms with Crippen molar-refractivity contribution in [3.8, 4) is 0 Å². The molecule has 0 bridgehead atoms. The van der Waals surface area contributed by atoms with Crippen LogP contribution in [-0.2, 0) is 15.3 Å². The summed E-state index contributed by atoms with van der Waals surface area (Å²) >= 11 is 0. The Morgan fingerprint density at radius 2 is 1.05 bits per heavy atom. The van der Waals surface area contributed by atoms with E-state index in [1.807, 2.05) is 6.92 Å². The van der Waals surface area contributed by atoms with E-state index in [-0.39, 0.29) is 24.1 Å². The minimum atomic E-state index is -6.01. The Morgan fingerprint density at radius 1 is 0.613 bits per heavy atom. The Hall–Kier alpha value is -5.71. The standard InChI is InChI=1S/C45H48F6N2O8S/c1-9-20-41(6,7)53-36-22-28(15-13-26(36)5)43(44(46,47)48,45(49,50)51)27-14-12-25(4)35(21-27)52-38(55)34-24-30(17-19-32(34)40(58)59)62(60,61)29-16-18-31(39(56)57)33(23-29)37(54)42(8,10-2)11-3/h12-19,21-24,53H,9-11,20H2,1-8H3,(H,52,55)(H,56,57)(H,58,59). The molecule has 62 heavy (non-hydrogen) atoms. The largest absolute Gasteiger partial charge is 0.478 e. The Morgan fingerprint density at radius 3 is 1.48 bits per heavy atom. The van der Waals surface area contributed by atoms with Crippen LogP contribution in [0.15, 0.2) is 82.6 Å². The average Bonchev–Trinajstić information content (AvgIpc) is 3.17. The topological polar surface area (TPSA) is 167 Å². The van der Waals surface area contributed by atoms with E-state index in [4.69, 9.17) is 0 Å². The van der Waals surface area contributed by atoms with Crippen molar-refractivity contribution in [1.29, 1.82) is 0 Å². The second-order valence-corrected chi connectivity index (χ2v) is 18.1. The molecule has 0 saturated heterocycles. The van der Waals surface area contributed by atoms with Crippen LogP contribution in [-0.4, -0.2) is 60.2 Å². The molecule has 1 amide bonds. The summed E-state index contributed by atoms with van der Waals surface area (Å²) in [6.07, 6.45) is -10.2. The molecule has 10 nitrogen and oxygen atoms in total. The molecule has 4 aromatic rings. The van der Waals surface area contributed by atoms with Gasteiger partial charge in [0.15, 0.2) is 5.78 Å². The first kappa shape index (κ1) is 49.0. The number of rotatable bonds is 16. The lowest BCUT2D eigenvalue weighted by Gasteiger charge is -2.39. The maximum Gasteiger partial charge on any atom is 0.411 e. The summed E-state index contributed by atoms with van der Waals surface area (Å²) < 4.78 is 120. The molecule has 0 saturated carbocycles. The third-order valence-electron chi connectivity index (χ3n) is 11.4. The molecule has 4 rings (SSSR count). The van der Waals surface area contributed by atoms with E-state index in [1.54, 1.807) is 34.6 Å². The van der Waals surface area contributed by atoms with Crippen LogP contribution in [0.3, 0.4) is 0 Å². The van der Waals surface area contributed by atoms with Gasteiger partial charge in [-0.2, -0.15) is 26.3 Å². The Labute approximate surface area is 355 Å². The van der Waals surface area contributed by atoms with E-state index in [9.17, 15) is 37.8 Å². The minimum Gasteiger partial charge on any atom is -0.478 e. The number of aryl methyl sites for hydroxylation is 2. The molecule has 0 aliphatic heterocycles. The first-order valence-corrected chi connectivity index (χ1v) is 21.0. The normalized spacial score (nSPS) is 12.8. The molecule has 0 radical (unpaired) electrons. The van der Waals surface area contributed by atoms with E-state index < -0.39 is 111 Å². The van der Waals surface area contributed by atoms with Crippen LogP contribution in [0.2, 0.25) is 0 Å². The lowest BCUT2D eigenvalue weighted by atomic mass is 9.72. The highest BCUT2D eigenvalue weighted by molar-refractivity contribution is 7.91. The number of carboxylic acid groups (broad SMARTS) is 2. The number of hydrogen-bond acceptors (Lipinski definition) is 7. The van der Waals surface area contributed by atoms with Crippen LogP contribution in [0.5, 0.6) is 0 Å². The SMILES string of the molecule is CCCC(C)(C)Nc1cc(C(c2ccc(C)c(NC(=O)c3cc(S(=O)(=O)c4ccc(C(=O)O)c(C(=O)C(C)(CC)CC)c4)ccc3C(=O)O)c2)(C(F)(F)F)C(F)(F)F)ccc1C. The minimum absolute atomic E-state index is 0.0320. The molecule has 0 aliphatic rings. The zero-order valence-electron chi connectivity index (χ0n) is 35.3. The molecule has 4 N–H and O–H groups in total. The maximum absolute atomic E-state index is 15.4. The van der Waals surface area contributed by atoms with Crippen molar-refractivity contribution in [2.75, 3.05) is 10.6 Å². The predicted octanol–water partition coefficient (Wildman–Crippen LogP) is 11.2. The molecular weight excluding hydrogens is 843 g/mol. The second-order valence-electron chi connectivity index (χ2n) is 16.1. The van der Waals surface area contributed by atoms with Crippen molar-refractivity contribution >= 4 is 44.8 Å². The highest BCUT2D eigenvalue weighted by atomic mass is 32.2. The number of sulfone groups is 1. The summed E-state index contributed by atoms with van der Waals surface area (Å²) in [6, 6.07) is 9.69. The first-order valence-electron chi connectivity index (χ1n) is 19.5. The number of carboxylic acids is 2. The van der Waals surface area contributed by atoms with Gasteiger partial charge in [0.2, 0.25) is 15.3 Å². The van der Waals surface area contributed by atoms with Crippen molar-refractivity contribution in [3.05, 3.63) is 117 Å². The second kappa shape index (κ2) is 17.6. The van der Waals surface area contributed by atoms with Crippen LogP contribution < -0.4 is 10.6 Å². The van der Waals surface area contributed by atoms with Crippen LogP contribution in [0.1, 0.15) is 131 Å². The molecule has 4 aromatic carbocycles. The average molecular weight is 891 g/mol. The lowest BCUT2D eigenvalue weighted by Crippen LogP contribution is -2.54. The Kier molecular flexibility index (Phi) is 13.9. The van der Waals surface area contributed by atoms with Gasteiger partial charge in [-0.3, -0.25) is 9.59 Å². The van der Waals surface area contributed by atoms with Gasteiger partial charge in [-0.05, 0) is 118 Å². The lowest BCUT2D eigenvalue weighted by molar-refractivity contribution is -0.288. The van der Waals surface area contributed by atoms with Crippen LogP contribution in [0.25, 0.3) is 0 Å². The van der Waals surface area contributed by atoms with Crippen LogP contribution in [0.4, 0.5) is 37.7 Å². The molecule has 0 unspecified atom stereocenters. The molecule has 334 valence electrons. The van der Waals surface area contributed by atoms with Crippen molar-refractivity contribution in [1.82, 2.24) is 0 Å². The van der Waals surface area contributed by atoms with Crippen molar-refractivity contribution < 1.29 is 64.2 Å². The van der Waals surface area contributed by atoms with E-state index in [0.717, 1.165) is 54.6 Å². The van der Waals surface area contributed by atoms with E-state index in [0.29, 0.717) is 36.6 Å². The van der Waals surface area contributed by atoms with Crippen LogP contribution in [0, 0.1) is 19.3 Å². The fraction of sp³-hybridized carbons (Fsp3) is 0.378. The number of anilines is 2. The Balaban J connectivity index is 1.89. The van der Waals surface area contributed by atoms with Gasteiger partial charge >= 0.3 is 24.3 Å². The number of amides is 1. The van der Waals surface area contributed by atoms with Gasteiger partial charge in [-0.1, -0.05) is 58.4 Å². The number of carbonyl (C=O) groups is 4. The van der Waals surface area contributed by atoms with Crippen molar-refractivity contribution in [3.63, 3.8) is 0 Å². The number of halogens is 6. The third-order valence-corrected chi connectivity index (χ3v) is 13.2. The summed E-state index contributed by atoms with van der Waals surface area (Å²) in [5.74, 6) is -5.29. The fourth-order valence-corrected chi connectivity index (χ4v) is 8.68. The summed E-state index contributed by atoms with van der Waals surface area (Å²) in [5.41, 5.74) is -11.6. The summed E-state index contributed by atoms with van der Waals surface area (Å²) in [4.78, 5) is 50.6. The van der Waals surface area contributed by atoms with E-state index in [2.05, 4.69) is 10.6 Å². The van der Waals surface area contributed by atoms with Gasteiger partial charge in [0.25, 0.3) is 5.91 Å². The number of Topliss-reactive ketones (excluding diaryl/α,β-unsaturated/α-hetero) is 1. The molecule has 0 aliphatic carbocycles. The molecule has 0 atom stereocenters. The number of nitrogens with one attached hydrogen (secondary N) is 2. The first-order chi connectivity index (χ1) is 28.5. The monoisotopic (exact) mass is 890 g/mol. The van der Waals surface area contributed by atoms with Gasteiger partial charge in [-0.25, -0.2) is 18.0 Å². The molecule has 0 spiro atoms. The highest BCUT2D eigenvalue weighted by Crippen LogP contribution is 2.57. The van der Waals surface area contributed by atoms with E-state index >= 15 is 26.3 Å². The number of carbonyl (C=O) groups excluding carboxylic acids is 2. The van der Waals surface area contributed by atoms with E-state index in [1.165, 1.54) is 13.8 Å². The summed E-state index contributed by atoms with van der Waals surface area (Å²) in [5, 5.41) is 25.0. The summed E-state index contributed by atoms with van der Waals surface area (Å²) in [7, 11) is -4.76. The number of aromatic carboxylic acids is 2. The number of ketones is 1. The third kappa shape index (κ3) is 9.22. The molecule has 0 aromatic heterocycles. The van der Waals surface area contributed by atoms with Gasteiger partial charge in [0, 0.05) is 27.9 Å². The predicted molar refractivity (Wildman–Crippen MR) is 221 cm³/mol. The van der Waals surface area contributed by atoms with Gasteiger partial charge in [0.05, 0.1) is 26.5 Å². The quantitative estimate of drug-likeness (QED) is 0.0632. The molecular formula is C45H48F6N2O8S. The molecule has 17 heteroatoms. The van der Waals surface area contributed by atoms with Crippen molar-refractivity contribution in [2.24, 2.45) is 5.41 Å². The fourth-order valence-electron chi connectivity index (χ4n) is 7.37. The zero-order chi connectivity index (χ0) is 47.0. The highest BCUT2D eigenvalue weighted by Gasteiger charge is 2.72. The zero-order valence-corrected chi connectivity index (χ0v) is 36.1. The molecule has 0 heterocycles. The molecule has 0 fully saturated rings. The number of alkyl halides is 6. The maximum atomic E-state index is 15.4. The number of benzene rings is 4. The van der Waals surface area contributed by atoms with Crippen LogP contribution >= 0.6 is 0 Å². The smallest absolute Gasteiger partial charge is 0.411 e. The van der Waals surface area contributed by atoms with Crippen molar-refractivity contribution in [2.45, 2.75) is 114 Å². The Bertz CT molecular complexity index is 2510. The van der Waals surface area contributed by atoms with Gasteiger partial charge < -0.3 is 20.8 Å². The van der Waals surface area contributed by atoms with Gasteiger partial charge in [-0.15, -0.1) is 0 Å².